The Hall–Kier alpha value is -4.40. The molecule has 0 amide bonds. The quantitative estimate of drug-likeness (QED) is 0.176. The maximum Gasteiger partial charge on any atom is 0.175 e. The fraction of sp³-hybridized carbons (Fsp3) is 0.0556. The zero-order valence-corrected chi connectivity index (χ0v) is 22.2. The van der Waals surface area contributed by atoms with E-state index in [4.69, 9.17) is 4.42 Å². The van der Waals surface area contributed by atoms with Gasteiger partial charge in [0, 0.05) is 10.8 Å². The molecule has 182 valence electrons. The van der Waals surface area contributed by atoms with Gasteiger partial charge in [0.25, 0.3) is 0 Å². The molecule has 0 fully saturated rings. The number of para-hydroxylation sites is 1. The summed E-state index contributed by atoms with van der Waals surface area (Å²) in [5.41, 5.74) is 4.39. The van der Waals surface area contributed by atoms with Gasteiger partial charge in [-0.15, -0.1) is 0 Å². The molecule has 0 unspecified atom stereocenters. The molecule has 0 bridgehead atoms. The van der Waals surface area contributed by atoms with E-state index in [1.54, 1.807) is 5.20 Å². The minimum Gasteiger partial charge on any atom is -0.456 e. The number of hydrogen-bond acceptors (Lipinski definition) is 1. The van der Waals surface area contributed by atoms with Crippen molar-refractivity contribution in [2.45, 2.75) is 12.8 Å². The number of furan rings is 1. The van der Waals surface area contributed by atoms with Gasteiger partial charge in [-0.2, -0.15) is 0 Å². The van der Waals surface area contributed by atoms with Crippen molar-refractivity contribution >= 4 is 51.1 Å². The van der Waals surface area contributed by atoms with E-state index in [9.17, 15) is 0 Å². The minimum atomic E-state index is -2.48. The van der Waals surface area contributed by atoms with Gasteiger partial charge in [-0.05, 0) is 57.7 Å². The Balaban J connectivity index is 1.44. The van der Waals surface area contributed by atoms with Crippen LogP contribution in [0.5, 0.6) is 0 Å². The number of benzene rings is 5. The average Bonchev–Trinajstić information content (AvgIpc) is 3.37. The Kier molecular flexibility index (Phi) is 5.68. The summed E-state index contributed by atoms with van der Waals surface area (Å²) in [5, 5.41) is 8.18. The third-order valence-corrected chi connectivity index (χ3v) is 12.9. The van der Waals surface area contributed by atoms with E-state index in [0.29, 0.717) is 0 Å². The first-order valence-corrected chi connectivity index (χ1v) is 15.3. The SMILES string of the molecule is C1=C(c2ccc3c(c2)oc2ccccc23)C=C([Si](c2ccccc2)(c2ccccc2)c2ccccc2)CC1. The molecule has 1 heterocycles. The fourth-order valence-electron chi connectivity index (χ4n) is 6.23. The maximum atomic E-state index is 6.25. The molecule has 1 aromatic heterocycles. The van der Waals surface area contributed by atoms with Gasteiger partial charge in [0.2, 0.25) is 0 Å². The maximum absolute atomic E-state index is 6.25. The molecular weight excluding hydrogens is 476 g/mol. The third kappa shape index (κ3) is 3.68. The smallest absolute Gasteiger partial charge is 0.175 e. The first kappa shape index (κ1) is 22.8. The number of allylic oxidation sites excluding steroid dienone is 4. The summed E-state index contributed by atoms with van der Waals surface area (Å²) in [6.07, 6.45) is 6.97. The Morgan fingerprint density at radius 3 is 1.71 bits per heavy atom. The van der Waals surface area contributed by atoms with Crippen molar-refractivity contribution in [3.63, 3.8) is 0 Å². The summed E-state index contributed by atoms with van der Waals surface area (Å²) < 4.78 is 6.25. The summed E-state index contributed by atoms with van der Waals surface area (Å²) >= 11 is 0. The first-order chi connectivity index (χ1) is 18.8. The molecule has 2 heteroatoms. The van der Waals surface area contributed by atoms with E-state index in [2.05, 4.69) is 133 Å². The molecule has 0 atom stereocenters. The summed E-state index contributed by atoms with van der Waals surface area (Å²) in [6.45, 7) is 0. The van der Waals surface area contributed by atoms with Gasteiger partial charge in [-0.25, -0.2) is 0 Å². The zero-order chi connectivity index (χ0) is 25.4. The minimum absolute atomic E-state index is 0.942. The molecular formula is C36H28OSi. The topological polar surface area (TPSA) is 13.1 Å². The van der Waals surface area contributed by atoms with Crippen LogP contribution >= 0.6 is 0 Å². The van der Waals surface area contributed by atoms with Gasteiger partial charge >= 0.3 is 0 Å². The van der Waals surface area contributed by atoms with Crippen molar-refractivity contribution in [1.82, 2.24) is 0 Å². The Morgan fingerprint density at radius 2 is 1.08 bits per heavy atom. The predicted octanol–water partition coefficient (Wildman–Crippen LogP) is 7.40. The number of fused-ring (bicyclic) bond motifs is 3. The molecule has 0 radical (unpaired) electrons. The van der Waals surface area contributed by atoms with E-state index >= 15 is 0 Å². The van der Waals surface area contributed by atoms with Crippen LogP contribution in [0.3, 0.4) is 0 Å². The van der Waals surface area contributed by atoms with Gasteiger partial charge in [-0.3, -0.25) is 0 Å². The molecule has 0 saturated heterocycles. The molecule has 7 rings (SSSR count). The molecule has 0 spiro atoms. The second-order valence-corrected chi connectivity index (χ2v) is 13.9. The zero-order valence-electron chi connectivity index (χ0n) is 21.2. The number of rotatable bonds is 5. The number of hydrogen-bond donors (Lipinski definition) is 0. The molecule has 38 heavy (non-hydrogen) atoms. The summed E-state index contributed by atoms with van der Waals surface area (Å²) in [4.78, 5) is 0. The average molecular weight is 505 g/mol. The van der Waals surface area contributed by atoms with Crippen molar-refractivity contribution in [2.75, 3.05) is 0 Å². The van der Waals surface area contributed by atoms with Crippen LogP contribution in [0.15, 0.2) is 155 Å². The van der Waals surface area contributed by atoms with E-state index in [1.165, 1.54) is 37.5 Å². The standard InChI is InChI=1S/C36H28OSi/c1-4-14-29(15-5-1)38(30-16-6-2-7-17-30,31-18-8-3-9-19-31)32-20-12-13-27(25-32)28-23-24-34-33-21-10-11-22-35(33)37-36(34)26-28/h1-11,13-19,21-26H,12,20H2. The Labute approximate surface area is 224 Å². The van der Waals surface area contributed by atoms with Crippen molar-refractivity contribution in [3.05, 3.63) is 156 Å². The molecule has 1 aliphatic rings. The Morgan fingerprint density at radius 1 is 0.526 bits per heavy atom. The van der Waals surface area contributed by atoms with Crippen LogP contribution in [-0.4, -0.2) is 8.07 Å². The highest BCUT2D eigenvalue weighted by atomic mass is 28.3. The lowest BCUT2D eigenvalue weighted by molar-refractivity contribution is 0.669. The molecule has 0 saturated carbocycles. The van der Waals surface area contributed by atoms with Crippen molar-refractivity contribution < 1.29 is 4.42 Å². The lowest BCUT2D eigenvalue weighted by Crippen LogP contribution is -2.68. The Bertz CT molecular complexity index is 1700. The largest absolute Gasteiger partial charge is 0.456 e. The fourth-order valence-corrected chi connectivity index (χ4v) is 11.3. The van der Waals surface area contributed by atoms with Crippen LogP contribution in [0.4, 0.5) is 0 Å². The summed E-state index contributed by atoms with van der Waals surface area (Å²) in [7, 11) is -2.48. The summed E-state index contributed by atoms with van der Waals surface area (Å²) in [6, 6.07) is 48.6. The van der Waals surface area contributed by atoms with Gasteiger partial charge < -0.3 is 4.42 Å². The normalized spacial score (nSPS) is 13.9. The van der Waals surface area contributed by atoms with Crippen LogP contribution < -0.4 is 15.6 Å². The van der Waals surface area contributed by atoms with Crippen LogP contribution in [0, 0.1) is 0 Å². The van der Waals surface area contributed by atoms with Gasteiger partial charge in [0.1, 0.15) is 11.2 Å². The van der Waals surface area contributed by atoms with Crippen LogP contribution in [0.25, 0.3) is 27.5 Å². The first-order valence-electron chi connectivity index (χ1n) is 13.3. The highest BCUT2D eigenvalue weighted by Gasteiger charge is 2.43. The third-order valence-electron chi connectivity index (χ3n) is 7.92. The molecule has 1 aliphatic carbocycles. The molecule has 6 aromatic rings. The highest BCUT2D eigenvalue weighted by Crippen LogP contribution is 2.34. The van der Waals surface area contributed by atoms with E-state index < -0.39 is 8.07 Å². The second-order valence-electron chi connectivity index (χ2n) is 10.0. The summed E-state index contributed by atoms with van der Waals surface area (Å²) in [5.74, 6) is 0. The lowest BCUT2D eigenvalue weighted by Gasteiger charge is -2.37. The molecule has 0 aliphatic heterocycles. The monoisotopic (exact) mass is 504 g/mol. The van der Waals surface area contributed by atoms with Crippen molar-refractivity contribution in [2.24, 2.45) is 0 Å². The van der Waals surface area contributed by atoms with E-state index in [-0.39, 0.29) is 0 Å². The highest BCUT2D eigenvalue weighted by molar-refractivity contribution is 7.16. The van der Waals surface area contributed by atoms with Gasteiger partial charge in [0.15, 0.2) is 8.07 Å². The molecule has 1 nitrogen and oxygen atoms in total. The van der Waals surface area contributed by atoms with Crippen LogP contribution in [-0.2, 0) is 0 Å². The predicted molar refractivity (Wildman–Crippen MR) is 163 cm³/mol. The van der Waals surface area contributed by atoms with E-state index in [1.807, 2.05) is 12.1 Å². The molecule has 0 N–H and O–H groups in total. The van der Waals surface area contributed by atoms with Gasteiger partial charge in [0.05, 0.1) is 0 Å². The van der Waals surface area contributed by atoms with Gasteiger partial charge in [-0.1, -0.05) is 133 Å². The lowest BCUT2D eigenvalue weighted by atomic mass is 9.98. The van der Waals surface area contributed by atoms with Crippen molar-refractivity contribution in [3.8, 4) is 0 Å². The second kappa shape index (κ2) is 9.48. The van der Waals surface area contributed by atoms with Crippen LogP contribution in [0.2, 0.25) is 0 Å². The van der Waals surface area contributed by atoms with Crippen molar-refractivity contribution in [1.29, 1.82) is 0 Å². The molecule has 5 aromatic carbocycles. The van der Waals surface area contributed by atoms with E-state index in [0.717, 1.165) is 24.0 Å². The van der Waals surface area contributed by atoms with Crippen LogP contribution in [0.1, 0.15) is 18.4 Å².